The van der Waals surface area contributed by atoms with Crippen LogP contribution in [0.2, 0.25) is 0 Å². The molecule has 38 heavy (non-hydrogen) atoms. The molecule has 2 aromatic rings. The van der Waals surface area contributed by atoms with Gasteiger partial charge in [-0.1, -0.05) is 12.1 Å². The molecule has 0 radical (unpaired) electrons. The van der Waals surface area contributed by atoms with E-state index in [1.165, 1.54) is 12.1 Å². The summed E-state index contributed by atoms with van der Waals surface area (Å²) < 4.78 is 0. The molecule has 4 atom stereocenters. The number of nitrogens with two attached hydrogens (primary N) is 3. The molecule has 0 spiro atoms. The van der Waals surface area contributed by atoms with Gasteiger partial charge in [-0.05, 0) is 65.9 Å². The van der Waals surface area contributed by atoms with E-state index in [4.69, 9.17) is 17.2 Å². The Morgan fingerprint density at radius 2 is 1.61 bits per heavy atom. The van der Waals surface area contributed by atoms with Crippen molar-refractivity contribution < 1.29 is 29.7 Å². The fraction of sp³-hybridized carbons (Fsp3) is 0.423. The van der Waals surface area contributed by atoms with Crippen molar-refractivity contribution in [3.63, 3.8) is 0 Å². The zero-order valence-electron chi connectivity index (χ0n) is 21.0. The Labute approximate surface area is 220 Å². The van der Waals surface area contributed by atoms with E-state index in [2.05, 4.69) is 16.0 Å². The number of aromatic hydroxyl groups is 2. The number of aliphatic hydroxyl groups is 1. The second-order valence-electron chi connectivity index (χ2n) is 9.44. The molecule has 12 nitrogen and oxygen atoms in total. The highest BCUT2D eigenvalue weighted by Crippen LogP contribution is 2.30. The summed E-state index contributed by atoms with van der Waals surface area (Å²) in [7, 11) is 0. The standard InChI is InChI=1S/C26H36N6O6/c27-7-1-2-20-26(38)32-21(25(37)30-12-18(28)13-33)11-17-9-15(4-6-23(17)35)14-3-5-22(34)16(8-14)10-19(29)24(36)31-20/h3-6,8-9,18-21,33-35H,1-2,7,10-13,27-29H2,(H,30,37)(H,31,36)(H,32,38)/t18-,19-,20-,21-/m0/s1. The van der Waals surface area contributed by atoms with E-state index in [1.54, 1.807) is 24.3 Å². The van der Waals surface area contributed by atoms with E-state index in [0.29, 0.717) is 28.7 Å². The highest BCUT2D eigenvalue weighted by molar-refractivity contribution is 5.93. The number of amides is 3. The van der Waals surface area contributed by atoms with Crippen LogP contribution in [0.4, 0.5) is 0 Å². The van der Waals surface area contributed by atoms with Crippen LogP contribution in [0.3, 0.4) is 0 Å². The van der Waals surface area contributed by atoms with Crippen LogP contribution in [-0.2, 0) is 27.2 Å². The second-order valence-corrected chi connectivity index (χ2v) is 9.44. The van der Waals surface area contributed by atoms with Crippen LogP contribution in [0.25, 0.3) is 11.1 Å². The van der Waals surface area contributed by atoms with Crippen molar-refractivity contribution in [2.75, 3.05) is 19.7 Å². The lowest BCUT2D eigenvalue weighted by molar-refractivity contribution is -0.132. The van der Waals surface area contributed by atoms with Gasteiger partial charge in [0.25, 0.3) is 0 Å². The summed E-state index contributed by atoms with van der Waals surface area (Å²) in [6.07, 6.45) is 0.554. The summed E-state index contributed by atoms with van der Waals surface area (Å²) in [5, 5.41) is 38.1. The van der Waals surface area contributed by atoms with Crippen LogP contribution in [0, 0.1) is 0 Å². The first kappa shape index (κ1) is 28.9. The fourth-order valence-electron chi connectivity index (χ4n) is 4.18. The second kappa shape index (κ2) is 13.2. The number of carbonyl (C=O) groups is 3. The molecule has 1 aliphatic heterocycles. The SMILES string of the molecule is NCCC[C@@H]1NC(=O)[C@@H](N)Cc2cc(ccc2O)-c2ccc(O)c(c2)C[C@@H](C(=O)NC[C@H](N)CO)NC1=O. The maximum Gasteiger partial charge on any atom is 0.243 e. The first-order valence-electron chi connectivity index (χ1n) is 12.5. The number of aliphatic hydroxyl groups excluding tert-OH is 1. The minimum atomic E-state index is -1.14. The van der Waals surface area contributed by atoms with Gasteiger partial charge in [0.1, 0.15) is 23.6 Å². The van der Waals surface area contributed by atoms with Crippen LogP contribution in [0.1, 0.15) is 24.0 Å². The van der Waals surface area contributed by atoms with E-state index in [9.17, 15) is 29.7 Å². The van der Waals surface area contributed by atoms with Gasteiger partial charge in [-0.25, -0.2) is 0 Å². The summed E-state index contributed by atoms with van der Waals surface area (Å²) in [6.45, 7) is -0.107. The third kappa shape index (κ3) is 7.42. The van der Waals surface area contributed by atoms with Gasteiger partial charge in [0.05, 0.1) is 12.6 Å². The molecule has 1 aliphatic rings. The van der Waals surface area contributed by atoms with Crippen LogP contribution in [0.15, 0.2) is 36.4 Å². The Hall–Kier alpha value is -3.71. The number of phenols is 2. The molecule has 3 rings (SSSR count). The van der Waals surface area contributed by atoms with E-state index in [1.807, 2.05) is 0 Å². The van der Waals surface area contributed by atoms with Gasteiger partial charge in [0.2, 0.25) is 17.7 Å². The summed E-state index contributed by atoms with van der Waals surface area (Å²) in [4.78, 5) is 39.3. The number of nitrogens with one attached hydrogen (secondary N) is 3. The van der Waals surface area contributed by atoms with Crippen molar-refractivity contribution in [1.29, 1.82) is 0 Å². The molecule has 12 heteroatoms. The van der Waals surface area contributed by atoms with E-state index >= 15 is 0 Å². The molecular weight excluding hydrogens is 492 g/mol. The number of hydrogen-bond donors (Lipinski definition) is 9. The van der Waals surface area contributed by atoms with Crippen molar-refractivity contribution in [3.05, 3.63) is 47.5 Å². The number of benzene rings is 2. The Morgan fingerprint density at radius 3 is 2.18 bits per heavy atom. The topological polar surface area (TPSA) is 226 Å². The van der Waals surface area contributed by atoms with Gasteiger partial charge in [-0.3, -0.25) is 14.4 Å². The third-order valence-corrected chi connectivity index (χ3v) is 6.43. The van der Waals surface area contributed by atoms with Gasteiger partial charge in [0, 0.05) is 25.4 Å². The zero-order valence-corrected chi connectivity index (χ0v) is 21.0. The van der Waals surface area contributed by atoms with Gasteiger partial charge >= 0.3 is 0 Å². The lowest BCUT2D eigenvalue weighted by atomic mass is 9.95. The third-order valence-electron chi connectivity index (χ3n) is 6.43. The van der Waals surface area contributed by atoms with Crippen molar-refractivity contribution in [3.8, 4) is 22.6 Å². The van der Waals surface area contributed by atoms with E-state index < -0.39 is 41.9 Å². The smallest absolute Gasteiger partial charge is 0.243 e. The number of carbonyl (C=O) groups excluding carboxylic acids is 3. The zero-order chi connectivity index (χ0) is 27.8. The Morgan fingerprint density at radius 1 is 1.00 bits per heavy atom. The van der Waals surface area contributed by atoms with Crippen LogP contribution < -0.4 is 33.2 Å². The monoisotopic (exact) mass is 528 g/mol. The summed E-state index contributed by atoms with van der Waals surface area (Å²) in [5.74, 6) is -1.92. The summed E-state index contributed by atoms with van der Waals surface area (Å²) in [6, 6.07) is 5.79. The minimum Gasteiger partial charge on any atom is -0.508 e. The first-order chi connectivity index (χ1) is 18.1. The quantitative estimate of drug-likeness (QED) is 0.200. The molecule has 0 saturated carbocycles. The Bertz CT molecular complexity index is 1160. The molecule has 1 heterocycles. The number of fused-ring (bicyclic) bond motifs is 5. The molecule has 0 unspecified atom stereocenters. The molecule has 12 N–H and O–H groups in total. The summed E-state index contributed by atoms with van der Waals surface area (Å²) in [5.41, 5.74) is 19.7. The molecule has 0 aromatic heterocycles. The lowest BCUT2D eigenvalue weighted by Crippen LogP contribution is -2.57. The predicted octanol–water partition coefficient (Wildman–Crippen LogP) is -1.66. The maximum atomic E-state index is 13.3. The largest absolute Gasteiger partial charge is 0.508 e. The molecular formula is C26H36N6O6. The van der Waals surface area contributed by atoms with Crippen LogP contribution in [-0.4, -0.2) is 76.9 Å². The molecule has 4 bridgehead atoms. The van der Waals surface area contributed by atoms with E-state index in [0.717, 1.165) is 0 Å². The number of rotatable bonds is 7. The van der Waals surface area contributed by atoms with Crippen LogP contribution >= 0.6 is 0 Å². The van der Waals surface area contributed by atoms with Crippen molar-refractivity contribution in [1.82, 2.24) is 16.0 Å². The van der Waals surface area contributed by atoms with Crippen molar-refractivity contribution in [2.45, 2.75) is 49.9 Å². The molecule has 206 valence electrons. The molecule has 0 saturated heterocycles. The molecule has 0 aliphatic carbocycles. The predicted molar refractivity (Wildman–Crippen MR) is 141 cm³/mol. The highest BCUT2D eigenvalue weighted by atomic mass is 16.3. The number of hydrogen-bond acceptors (Lipinski definition) is 9. The Balaban J connectivity index is 2.06. The van der Waals surface area contributed by atoms with Gasteiger partial charge < -0.3 is 48.5 Å². The highest BCUT2D eigenvalue weighted by Gasteiger charge is 2.29. The minimum absolute atomic E-state index is 0.0117. The fourth-order valence-corrected chi connectivity index (χ4v) is 4.18. The van der Waals surface area contributed by atoms with Crippen molar-refractivity contribution >= 4 is 17.7 Å². The maximum absolute atomic E-state index is 13.3. The van der Waals surface area contributed by atoms with E-state index in [-0.39, 0.29) is 50.5 Å². The molecule has 2 aromatic carbocycles. The van der Waals surface area contributed by atoms with Crippen LogP contribution in [0.5, 0.6) is 11.5 Å². The molecule has 3 amide bonds. The normalized spacial score (nSPS) is 20.9. The number of phenolic OH excluding ortho intramolecular Hbond substituents is 2. The average Bonchev–Trinajstić information content (AvgIpc) is 2.90. The van der Waals surface area contributed by atoms with Gasteiger partial charge in [-0.15, -0.1) is 0 Å². The van der Waals surface area contributed by atoms with Crippen molar-refractivity contribution in [2.24, 2.45) is 17.2 Å². The lowest BCUT2D eigenvalue weighted by Gasteiger charge is -2.25. The van der Waals surface area contributed by atoms with Gasteiger partial charge in [-0.2, -0.15) is 0 Å². The first-order valence-corrected chi connectivity index (χ1v) is 12.5. The Kier molecular flexibility index (Phi) is 10.0. The average molecular weight is 529 g/mol. The van der Waals surface area contributed by atoms with Gasteiger partial charge in [0.15, 0.2) is 0 Å². The molecule has 0 fully saturated rings. The summed E-state index contributed by atoms with van der Waals surface area (Å²) >= 11 is 0.